The zero-order chi connectivity index (χ0) is 12.8. The maximum Gasteiger partial charge on any atom is 0.0223 e. The molecule has 1 rings (SSSR count). The second-order valence-corrected chi connectivity index (χ2v) is 6.23. The smallest absolute Gasteiger partial charge is 0.0223 e. The molecule has 2 nitrogen and oxygen atoms in total. The Balaban J connectivity index is 2.53. The van der Waals surface area contributed by atoms with Crippen LogP contribution >= 0.6 is 0 Å². The molecule has 0 amide bonds. The summed E-state index contributed by atoms with van der Waals surface area (Å²) < 4.78 is 0. The Morgan fingerprint density at radius 1 is 1.24 bits per heavy atom. The normalized spacial score (nSPS) is 28.6. The van der Waals surface area contributed by atoms with Crippen LogP contribution in [0.25, 0.3) is 0 Å². The fraction of sp³-hybridized carbons (Fsp3) is 1.00. The van der Waals surface area contributed by atoms with Gasteiger partial charge in [0.25, 0.3) is 0 Å². The largest absolute Gasteiger partial charge is 0.313 e. The molecule has 3 unspecified atom stereocenters. The van der Waals surface area contributed by atoms with E-state index in [1.54, 1.807) is 0 Å². The van der Waals surface area contributed by atoms with Crippen LogP contribution in [0, 0.1) is 5.92 Å². The highest BCUT2D eigenvalue weighted by atomic mass is 15.2. The molecule has 0 aromatic rings. The quantitative estimate of drug-likeness (QED) is 0.766. The molecule has 0 spiro atoms. The molecule has 1 fully saturated rings. The highest BCUT2D eigenvalue weighted by Gasteiger charge is 2.28. The van der Waals surface area contributed by atoms with E-state index in [0.29, 0.717) is 6.04 Å². The second kappa shape index (κ2) is 7.38. The summed E-state index contributed by atoms with van der Waals surface area (Å²) in [6.07, 6.45) is 5.41. The van der Waals surface area contributed by atoms with Crippen LogP contribution in [0.5, 0.6) is 0 Å². The van der Waals surface area contributed by atoms with Gasteiger partial charge in [0.1, 0.15) is 0 Å². The third kappa shape index (κ3) is 4.97. The lowest BCUT2D eigenvalue weighted by Gasteiger charge is -2.42. The highest BCUT2D eigenvalue weighted by molar-refractivity contribution is 4.84. The third-order valence-electron chi connectivity index (χ3n) is 4.02. The first-order valence-electron chi connectivity index (χ1n) is 7.53. The molecule has 1 saturated heterocycles. The molecular formula is C15H32N2. The van der Waals surface area contributed by atoms with Crippen LogP contribution in [0.2, 0.25) is 0 Å². The molecule has 1 heterocycles. The van der Waals surface area contributed by atoms with Gasteiger partial charge >= 0.3 is 0 Å². The third-order valence-corrected chi connectivity index (χ3v) is 4.02. The summed E-state index contributed by atoms with van der Waals surface area (Å²) in [6.45, 7) is 14.0. The van der Waals surface area contributed by atoms with Crippen LogP contribution < -0.4 is 5.32 Å². The molecule has 2 heteroatoms. The summed E-state index contributed by atoms with van der Waals surface area (Å²) in [6, 6.07) is 2.11. The first-order chi connectivity index (χ1) is 8.04. The minimum atomic E-state index is 0.604. The van der Waals surface area contributed by atoms with E-state index in [0.717, 1.165) is 24.5 Å². The Morgan fingerprint density at radius 3 is 2.53 bits per heavy atom. The van der Waals surface area contributed by atoms with Crippen molar-refractivity contribution in [1.29, 1.82) is 0 Å². The number of hydrogen-bond donors (Lipinski definition) is 1. The fourth-order valence-corrected chi connectivity index (χ4v) is 2.92. The van der Waals surface area contributed by atoms with Crippen molar-refractivity contribution in [3.63, 3.8) is 0 Å². The van der Waals surface area contributed by atoms with Gasteiger partial charge in [-0.15, -0.1) is 0 Å². The second-order valence-electron chi connectivity index (χ2n) is 6.23. The number of likely N-dealkylation sites (tertiary alicyclic amines) is 1. The molecule has 0 aromatic heterocycles. The molecule has 0 aromatic carbocycles. The number of rotatable bonds is 6. The van der Waals surface area contributed by atoms with Crippen LogP contribution in [-0.4, -0.2) is 36.1 Å². The van der Waals surface area contributed by atoms with Gasteiger partial charge in [0.2, 0.25) is 0 Å². The van der Waals surface area contributed by atoms with Crippen molar-refractivity contribution in [1.82, 2.24) is 10.2 Å². The van der Waals surface area contributed by atoms with Crippen LogP contribution in [0.1, 0.15) is 60.3 Å². The topological polar surface area (TPSA) is 15.3 Å². The van der Waals surface area contributed by atoms with Crippen LogP contribution in [0.3, 0.4) is 0 Å². The van der Waals surface area contributed by atoms with Crippen molar-refractivity contribution in [2.45, 2.75) is 78.4 Å². The molecule has 1 N–H and O–H groups in total. The number of piperidine rings is 1. The van der Waals surface area contributed by atoms with Crippen molar-refractivity contribution in [3.8, 4) is 0 Å². The summed E-state index contributed by atoms with van der Waals surface area (Å²) >= 11 is 0. The van der Waals surface area contributed by atoms with Gasteiger partial charge in [-0.1, -0.05) is 34.1 Å². The fourth-order valence-electron chi connectivity index (χ4n) is 2.92. The summed E-state index contributed by atoms with van der Waals surface area (Å²) in [5.74, 6) is 0.879. The van der Waals surface area contributed by atoms with Gasteiger partial charge in [0.15, 0.2) is 0 Å². The first kappa shape index (κ1) is 15.0. The molecule has 102 valence electrons. The minimum Gasteiger partial charge on any atom is -0.313 e. The van der Waals surface area contributed by atoms with Crippen LogP contribution in [-0.2, 0) is 0 Å². The van der Waals surface area contributed by atoms with E-state index < -0.39 is 0 Å². The molecule has 0 saturated carbocycles. The van der Waals surface area contributed by atoms with Gasteiger partial charge in [-0.2, -0.15) is 0 Å². The highest BCUT2D eigenvalue weighted by Crippen LogP contribution is 2.24. The van der Waals surface area contributed by atoms with Crippen molar-refractivity contribution >= 4 is 0 Å². The van der Waals surface area contributed by atoms with Gasteiger partial charge in [-0.25, -0.2) is 0 Å². The van der Waals surface area contributed by atoms with E-state index in [1.165, 1.54) is 32.2 Å². The van der Waals surface area contributed by atoms with Gasteiger partial charge in [-0.3, -0.25) is 4.90 Å². The predicted molar refractivity (Wildman–Crippen MR) is 76.4 cm³/mol. The number of nitrogens with one attached hydrogen (secondary N) is 1. The van der Waals surface area contributed by atoms with E-state index in [4.69, 9.17) is 0 Å². The molecule has 1 aliphatic rings. The Bertz CT molecular complexity index is 203. The van der Waals surface area contributed by atoms with Gasteiger partial charge in [0.05, 0.1) is 0 Å². The standard InChI is InChI=1S/C15H32N2/c1-6-7-15(10-16-12(2)3)17-11-13(4)8-9-14(17)5/h12-16H,6-11H2,1-5H3. The van der Waals surface area contributed by atoms with E-state index >= 15 is 0 Å². The number of nitrogens with zero attached hydrogens (tertiary/aromatic N) is 1. The molecule has 3 atom stereocenters. The Morgan fingerprint density at radius 2 is 1.94 bits per heavy atom. The molecule has 0 aliphatic carbocycles. The van der Waals surface area contributed by atoms with Crippen molar-refractivity contribution in [2.75, 3.05) is 13.1 Å². The maximum absolute atomic E-state index is 3.62. The van der Waals surface area contributed by atoms with E-state index in [-0.39, 0.29) is 0 Å². The van der Waals surface area contributed by atoms with E-state index in [9.17, 15) is 0 Å². The summed E-state index contributed by atoms with van der Waals surface area (Å²) in [7, 11) is 0. The lowest BCUT2D eigenvalue weighted by molar-refractivity contribution is 0.0705. The predicted octanol–water partition coefficient (Wildman–Crippen LogP) is 3.27. The van der Waals surface area contributed by atoms with Gasteiger partial charge < -0.3 is 5.32 Å². The first-order valence-corrected chi connectivity index (χ1v) is 7.53. The van der Waals surface area contributed by atoms with Crippen molar-refractivity contribution in [2.24, 2.45) is 5.92 Å². The zero-order valence-corrected chi connectivity index (χ0v) is 12.5. The summed E-state index contributed by atoms with van der Waals surface area (Å²) in [5.41, 5.74) is 0. The van der Waals surface area contributed by atoms with Crippen molar-refractivity contribution < 1.29 is 0 Å². The average molecular weight is 240 g/mol. The van der Waals surface area contributed by atoms with Gasteiger partial charge in [-0.05, 0) is 32.1 Å². The van der Waals surface area contributed by atoms with Crippen molar-refractivity contribution in [3.05, 3.63) is 0 Å². The molecular weight excluding hydrogens is 208 g/mol. The number of hydrogen-bond acceptors (Lipinski definition) is 2. The molecule has 17 heavy (non-hydrogen) atoms. The summed E-state index contributed by atoms with van der Waals surface area (Å²) in [4.78, 5) is 2.76. The maximum atomic E-state index is 3.62. The Labute approximate surface area is 108 Å². The molecule has 0 radical (unpaired) electrons. The summed E-state index contributed by atoms with van der Waals surface area (Å²) in [5, 5.41) is 3.62. The average Bonchev–Trinajstić information content (AvgIpc) is 2.27. The minimum absolute atomic E-state index is 0.604. The molecule has 1 aliphatic heterocycles. The van der Waals surface area contributed by atoms with Crippen LogP contribution in [0.4, 0.5) is 0 Å². The monoisotopic (exact) mass is 240 g/mol. The molecule has 0 bridgehead atoms. The SMILES string of the molecule is CCCC(CNC(C)C)N1CC(C)CCC1C. The Kier molecular flexibility index (Phi) is 6.50. The lowest BCUT2D eigenvalue weighted by atomic mass is 9.92. The van der Waals surface area contributed by atoms with Gasteiger partial charge in [0, 0.05) is 31.2 Å². The lowest BCUT2D eigenvalue weighted by Crippen LogP contribution is -2.51. The zero-order valence-electron chi connectivity index (χ0n) is 12.5. The Hall–Kier alpha value is -0.0800. The van der Waals surface area contributed by atoms with E-state index in [2.05, 4.69) is 44.8 Å². The van der Waals surface area contributed by atoms with Crippen LogP contribution in [0.15, 0.2) is 0 Å². The van der Waals surface area contributed by atoms with E-state index in [1.807, 2.05) is 0 Å².